The van der Waals surface area contributed by atoms with Crippen molar-refractivity contribution < 1.29 is 71.7 Å². The molecule has 0 bridgehead atoms. The molecule has 0 saturated heterocycles. The number of carbonyl (C=O) groups is 2. The van der Waals surface area contributed by atoms with E-state index < -0.39 is 86.4 Å². The molecule has 3 atom stereocenters. The Hall–Kier alpha value is -1.48. The van der Waals surface area contributed by atoms with Crippen LogP contribution in [0.1, 0.15) is 125 Å². The third kappa shape index (κ3) is 11.6. The van der Waals surface area contributed by atoms with E-state index >= 15 is 26.3 Å². The summed E-state index contributed by atoms with van der Waals surface area (Å²) in [6, 6.07) is 5.25. The van der Waals surface area contributed by atoms with Gasteiger partial charge in [0.1, 0.15) is 0 Å². The zero-order chi connectivity index (χ0) is 42.5. The Kier molecular flexibility index (Phi) is 20.1. The maximum atomic E-state index is 16.0. The highest BCUT2D eigenvalue weighted by molar-refractivity contribution is 14.1. The highest BCUT2D eigenvalue weighted by Gasteiger charge is 2.91. The summed E-state index contributed by atoms with van der Waals surface area (Å²) in [5, 5.41) is 0. The van der Waals surface area contributed by atoms with Gasteiger partial charge in [-0.25, -0.2) is 9.59 Å². The molecule has 0 aliphatic carbocycles. The summed E-state index contributed by atoms with van der Waals surface area (Å²) in [7, 11) is 0. The minimum absolute atomic E-state index is 0.0378. The second-order valence-corrected chi connectivity index (χ2v) is 16.6. The van der Waals surface area contributed by atoms with Crippen LogP contribution in [-0.2, 0) is 9.47 Å². The van der Waals surface area contributed by atoms with Gasteiger partial charge in [0.2, 0.25) is 0 Å². The van der Waals surface area contributed by atoms with E-state index in [1.54, 1.807) is 13.0 Å². The van der Waals surface area contributed by atoms with E-state index in [0.29, 0.717) is 12.8 Å². The van der Waals surface area contributed by atoms with Crippen LogP contribution in [0.4, 0.5) is 52.7 Å². The van der Waals surface area contributed by atoms with E-state index in [-0.39, 0.29) is 56.4 Å². The summed E-state index contributed by atoms with van der Waals surface area (Å²) in [4.78, 5) is 24.6. The van der Waals surface area contributed by atoms with E-state index in [4.69, 9.17) is 9.47 Å². The van der Waals surface area contributed by atoms with Crippen LogP contribution in [-0.4, -0.2) is 68.5 Å². The van der Waals surface area contributed by atoms with Crippen molar-refractivity contribution >= 4 is 57.1 Å². The standard InChI is InChI=1S/C37H48F12I2O4/c1-5-9-11-13-22-54-29(52)25-17-19-26(20-18-25)30(53)55-23-14-12-16-28(51)31(8-4,21-7-3)33(40,41)35(44,45)37(48,49)36(46,47)34(42,43)32(38,39)24-27(50)15-10-6-2/h5,17-20,27-28H,1,6-16,21-24H2,2-4H3. The van der Waals surface area contributed by atoms with Crippen LogP contribution < -0.4 is 0 Å². The molecule has 0 aliphatic heterocycles. The first-order valence-electron chi connectivity index (χ1n) is 17.9. The van der Waals surface area contributed by atoms with Gasteiger partial charge in [0, 0.05) is 14.3 Å². The number of allylic oxidation sites excluding steroid dienone is 1. The third-order valence-corrected chi connectivity index (χ3v) is 12.3. The molecule has 4 nitrogen and oxygen atoms in total. The molecular weight excluding hydrogens is 990 g/mol. The number of rotatable bonds is 27. The molecule has 0 aromatic heterocycles. The molecule has 0 N–H and O–H groups in total. The number of benzene rings is 1. The van der Waals surface area contributed by atoms with E-state index in [9.17, 15) is 35.9 Å². The molecule has 18 heteroatoms. The summed E-state index contributed by atoms with van der Waals surface area (Å²) in [5.74, 6) is -43.1. The average molecular weight is 1040 g/mol. The van der Waals surface area contributed by atoms with Gasteiger partial charge in [-0.1, -0.05) is 91.3 Å². The Morgan fingerprint density at radius 1 is 0.655 bits per heavy atom. The predicted molar refractivity (Wildman–Crippen MR) is 202 cm³/mol. The molecule has 0 heterocycles. The zero-order valence-corrected chi connectivity index (χ0v) is 35.1. The fraction of sp³-hybridized carbons (Fsp3) is 0.730. The SMILES string of the molecule is C=CCCCCOC(=O)c1ccc(C(=O)OCCCCC(I)C(CC)(CCC)C(F)(F)C(F)(F)C(F)(F)C(F)(F)C(F)(F)C(F)(F)CC(I)CCCC)cc1. The van der Waals surface area contributed by atoms with Crippen LogP contribution in [0.15, 0.2) is 36.9 Å². The number of hydrogen-bond acceptors (Lipinski definition) is 4. The van der Waals surface area contributed by atoms with E-state index in [2.05, 4.69) is 6.58 Å². The second-order valence-electron chi connectivity index (χ2n) is 13.4. The molecule has 318 valence electrons. The number of alkyl halides is 14. The molecule has 0 fully saturated rings. The molecule has 1 aromatic rings. The summed E-state index contributed by atoms with van der Waals surface area (Å²) < 4.78 is 188. The maximum Gasteiger partial charge on any atom is 0.384 e. The minimum Gasteiger partial charge on any atom is -0.462 e. The molecule has 0 radical (unpaired) electrons. The van der Waals surface area contributed by atoms with Crippen LogP contribution in [0.3, 0.4) is 0 Å². The fourth-order valence-corrected chi connectivity index (χ4v) is 8.55. The number of esters is 2. The number of halogens is 14. The quantitative estimate of drug-likeness (QED) is 0.0220. The topological polar surface area (TPSA) is 52.6 Å². The van der Waals surface area contributed by atoms with Crippen molar-refractivity contribution in [1.82, 2.24) is 0 Å². The Morgan fingerprint density at radius 3 is 1.55 bits per heavy atom. The largest absolute Gasteiger partial charge is 0.462 e. The van der Waals surface area contributed by atoms with Gasteiger partial charge in [-0.15, -0.1) is 6.58 Å². The number of carbonyl (C=O) groups excluding carboxylic acids is 2. The number of ether oxygens (including phenoxy) is 2. The van der Waals surface area contributed by atoms with E-state index in [0.717, 1.165) is 19.8 Å². The van der Waals surface area contributed by atoms with Crippen molar-refractivity contribution in [2.45, 2.75) is 148 Å². The van der Waals surface area contributed by atoms with Gasteiger partial charge in [0.05, 0.1) is 29.8 Å². The van der Waals surface area contributed by atoms with Crippen molar-refractivity contribution in [2.75, 3.05) is 13.2 Å². The summed E-state index contributed by atoms with van der Waals surface area (Å²) >= 11 is 2.49. The Morgan fingerprint density at radius 2 is 1.11 bits per heavy atom. The number of unbranched alkanes of at least 4 members (excludes halogenated alkanes) is 4. The summed E-state index contributed by atoms with van der Waals surface area (Å²) in [6.45, 7) is 7.20. The molecular formula is C37H48F12I2O4. The molecule has 0 amide bonds. The van der Waals surface area contributed by atoms with Gasteiger partial charge in [0.25, 0.3) is 0 Å². The van der Waals surface area contributed by atoms with Crippen molar-refractivity contribution in [1.29, 1.82) is 0 Å². The lowest BCUT2D eigenvalue weighted by Gasteiger charge is -2.49. The fourth-order valence-electron chi connectivity index (χ4n) is 5.98. The zero-order valence-electron chi connectivity index (χ0n) is 30.8. The van der Waals surface area contributed by atoms with Crippen LogP contribution in [0.25, 0.3) is 0 Å². The first kappa shape index (κ1) is 51.5. The Labute approximate surface area is 341 Å². The van der Waals surface area contributed by atoms with Crippen LogP contribution in [0, 0.1) is 5.41 Å². The van der Waals surface area contributed by atoms with Crippen molar-refractivity contribution in [2.24, 2.45) is 5.41 Å². The molecule has 0 saturated carbocycles. The summed E-state index contributed by atoms with van der Waals surface area (Å²) in [5.41, 5.74) is -2.99. The molecule has 0 spiro atoms. The lowest BCUT2D eigenvalue weighted by Crippen LogP contribution is -2.73. The van der Waals surface area contributed by atoms with E-state index in [1.165, 1.54) is 76.4 Å². The van der Waals surface area contributed by atoms with Crippen molar-refractivity contribution in [3.05, 3.63) is 48.0 Å². The Bertz CT molecular complexity index is 1360. The van der Waals surface area contributed by atoms with Crippen molar-refractivity contribution in [3.63, 3.8) is 0 Å². The summed E-state index contributed by atoms with van der Waals surface area (Å²) in [6.07, 6.45) is -0.730. The molecule has 1 aromatic carbocycles. The molecule has 1 rings (SSSR count). The average Bonchev–Trinajstić information content (AvgIpc) is 3.11. The van der Waals surface area contributed by atoms with Gasteiger partial charge >= 0.3 is 47.5 Å². The highest BCUT2D eigenvalue weighted by atomic mass is 127. The molecule has 0 aliphatic rings. The lowest BCUT2D eigenvalue weighted by molar-refractivity contribution is -0.435. The van der Waals surface area contributed by atoms with E-state index in [1.807, 2.05) is 0 Å². The smallest absolute Gasteiger partial charge is 0.384 e. The maximum absolute atomic E-state index is 16.0. The van der Waals surface area contributed by atoms with Gasteiger partial charge < -0.3 is 9.47 Å². The Balaban J connectivity index is 3.10. The van der Waals surface area contributed by atoms with Gasteiger partial charge in [-0.2, -0.15) is 52.7 Å². The van der Waals surface area contributed by atoms with Crippen LogP contribution in [0.5, 0.6) is 0 Å². The van der Waals surface area contributed by atoms with Crippen molar-refractivity contribution in [3.8, 4) is 0 Å². The first-order valence-corrected chi connectivity index (χ1v) is 20.4. The third-order valence-electron chi connectivity index (χ3n) is 9.41. The first-order chi connectivity index (χ1) is 25.3. The van der Waals surface area contributed by atoms with Crippen LogP contribution in [0.2, 0.25) is 0 Å². The van der Waals surface area contributed by atoms with Crippen LogP contribution >= 0.6 is 45.2 Å². The number of hydrogen-bond donors (Lipinski definition) is 0. The molecule has 55 heavy (non-hydrogen) atoms. The minimum atomic E-state index is -7.64. The lowest BCUT2D eigenvalue weighted by atomic mass is 9.67. The van der Waals surface area contributed by atoms with Gasteiger partial charge in [0.15, 0.2) is 0 Å². The predicted octanol–water partition coefficient (Wildman–Crippen LogP) is 13.7. The van der Waals surface area contributed by atoms with Gasteiger partial charge in [-0.3, -0.25) is 0 Å². The molecule has 3 unspecified atom stereocenters. The van der Waals surface area contributed by atoms with Gasteiger partial charge in [-0.05, 0) is 82.1 Å². The monoisotopic (exact) mass is 1040 g/mol. The normalized spacial score (nSPS) is 15.6. The highest BCUT2D eigenvalue weighted by Crippen LogP contribution is 2.66. The second kappa shape index (κ2) is 21.5.